The Balaban J connectivity index is 1.95. The second-order valence-electron chi connectivity index (χ2n) is 5.38. The zero-order chi connectivity index (χ0) is 18.9. The molecule has 0 saturated carbocycles. The number of ketones is 1. The minimum absolute atomic E-state index is 0.0525. The molecule has 0 atom stereocenters. The van der Waals surface area contributed by atoms with Gasteiger partial charge in [0, 0.05) is 17.0 Å². The minimum Gasteiger partial charge on any atom is -0.496 e. The van der Waals surface area contributed by atoms with Gasteiger partial charge in [-0.15, -0.1) is 11.8 Å². The third-order valence-electron chi connectivity index (χ3n) is 3.46. The van der Waals surface area contributed by atoms with E-state index in [2.05, 4.69) is 5.32 Å². The molecular weight excluding hydrogens is 354 g/mol. The summed E-state index contributed by atoms with van der Waals surface area (Å²) < 4.78 is 5.20. The average Bonchev–Trinajstić information content (AvgIpc) is 2.64. The summed E-state index contributed by atoms with van der Waals surface area (Å²) in [5.41, 5.74) is 1.09. The van der Waals surface area contributed by atoms with Crippen LogP contribution in [0.3, 0.4) is 0 Å². The molecule has 2 N–H and O–H groups in total. The predicted molar refractivity (Wildman–Crippen MR) is 100.0 cm³/mol. The van der Waals surface area contributed by atoms with E-state index in [0.717, 1.165) is 4.90 Å². The Morgan fingerprint density at radius 1 is 1.08 bits per heavy atom. The van der Waals surface area contributed by atoms with Gasteiger partial charge < -0.3 is 15.2 Å². The fourth-order valence-corrected chi connectivity index (χ4v) is 3.05. The zero-order valence-corrected chi connectivity index (χ0v) is 15.0. The summed E-state index contributed by atoms with van der Waals surface area (Å²) in [6.07, 6.45) is -0.299. The maximum absolute atomic E-state index is 12.4. The zero-order valence-electron chi connectivity index (χ0n) is 14.2. The molecule has 2 aromatic carbocycles. The van der Waals surface area contributed by atoms with E-state index in [-0.39, 0.29) is 30.3 Å². The fourth-order valence-electron chi connectivity index (χ4n) is 2.21. The van der Waals surface area contributed by atoms with Gasteiger partial charge >= 0.3 is 5.97 Å². The topological polar surface area (TPSA) is 92.7 Å². The van der Waals surface area contributed by atoms with E-state index in [0.29, 0.717) is 17.0 Å². The Kier molecular flexibility index (Phi) is 7.23. The number of carboxylic acids is 1. The van der Waals surface area contributed by atoms with Crippen molar-refractivity contribution < 1.29 is 24.2 Å². The van der Waals surface area contributed by atoms with E-state index in [9.17, 15) is 14.4 Å². The summed E-state index contributed by atoms with van der Waals surface area (Å²) in [5.74, 6) is -0.656. The van der Waals surface area contributed by atoms with Crippen molar-refractivity contribution in [2.45, 2.75) is 17.7 Å². The molecule has 6 nitrogen and oxygen atoms in total. The molecule has 0 bridgehead atoms. The van der Waals surface area contributed by atoms with Crippen LogP contribution in [-0.4, -0.2) is 35.6 Å². The summed E-state index contributed by atoms with van der Waals surface area (Å²) in [4.78, 5) is 35.4. The second kappa shape index (κ2) is 9.62. The van der Waals surface area contributed by atoms with E-state index < -0.39 is 5.97 Å². The maximum Gasteiger partial charge on any atom is 0.303 e. The molecule has 2 rings (SSSR count). The van der Waals surface area contributed by atoms with Crippen LogP contribution in [0.25, 0.3) is 0 Å². The number of amides is 1. The first-order valence-corrected chi connectivity index (χ1v) is 8.89. The fraction of sp³-hybridized carbons (Fsp3) is 0.211. The van der Waals surface area contributed by atoms with Gasteiger partial charge in [0.15, 0.2) is 5.78 Å². The molecule has 0 unspecified atom stereocenters. The number of hydrogen-bond donors (Lipinski definition) is 2. The first kappa shape index (κ1) is 19.5. The van der Waals surface area contributed by atoms with Crippen molar-refractivity contribution in [2.75, 3.05) is 18.2 Å². The lowest BCUT2D eigenvalue weighted by Gasteiger charge is -2.08. The monoisotopic (exact) mass is 373 g/mol. The Bertz CT molecular complexity index is 806. The van der Waals surface area contributed by atoms with Crippen molar-refractivity contribution >= 4 is 35.1 Å². The van der Waals surface area contributed by atoms with Crippen LogP contribution in [0.4, 0.5) is 5.69 Å². The number of carbonyl (C=O) groups excluding carboxylic acids is 2. The number of nitrogens with one attached hydrogen (secondary N) is 1. The Morgan fingerprint density at radius 3 is 2.58 bits per heavy atom. The molecular formula is C19H19NO5S. The van der Waals surface area contributed by atoms with Gasteiger partial charge in [-0.3, -0.25) is 14.4 Å². The molecule has 0 heterocycles. The predicted octanol–water partition coefficient (Wildman–Crippen LogP) is 3.47. The van der Waals surface area contributed by atoms with E-state index in [1.165, 1.54) is 18.9 Å². The lowest BCUT2D eigenvalue weighted by Crippen LogP contribution is -2.13. The van der Waals surface area contributed by atoms with Gasteiger partial charge in [-0.2, -0.15) is 0 Å². The van der Waals surface area contributed by atoms with Gasteiger partial charge in [0.05, 0.1) is 24.8 Å². The summed E-state index contributed by atoms with van der Waals surface area (Å²) in [6, 6.07) is 14.1. The highest BCUT2D eigenvalue weighted by molar-refractivity contribution is 8.00. The molecule has 0 aromatic heterocycles. The molecule has 7 heteroatoms. The summed E-state index contributed by atoms with van der Waals surface area (Å²) >= 11 is 1.35. The Hall–Kier alpha value is -2.80. The number of Topliss-reactive ketones (excluding diaryl/α,β-unsaturated/α-hetero) is 1. The van der Waals surface area contributed by atoms with Crippen LogP contribution in [0, 0.1) is 0 Å². The number of benzene rings is 2. The van der Waals surface area contributed by atoms with Crippen LogP contribution in [-0.2, 0) is 9.59 Å². The molecule has 0 saturated heterocycles. The molecule has 0 fully saturated rings. The normalized spacial score (nSPS) is 10.2. The first-order valence-electron chi connectivity index (χ1n) is 7.90. The SMILES string of the molecule is COc1ccccc1C(=O)CSc1cccc(NC(=O)CCC(=O)O)c1. The molecule has 1 amide bonds. The highest BCUT2D eigenvalue weighted by Crippen LogP contribution is 2.25. The van der Waals surface area contributed by atoms with Gasteiger partial charge in [-0.25, -0.2) is 0 Å². The maximum atomic E-state index is 12.4. The number of hydrogen-bond acceptors (Lipinski definition) is 5. The van der Waals surface area contributed by atoms with Gasteiger partial charge in [0.1, 0.15) is 5.75 Å². The van der Waals surface area contributed by atoms with E-state index in [4.69, 9.17) is 9.84 Å². The van der Waals surface area contributed by atoms with E-state index >= 15 is 0 Å². The van der Waals surface area contributed by atoms with E-state index in [1.54, 1.807) is 42.5 Å². The number of ether oxygens (including phenoxy) is 1. The standard InChI is InChI=1S/C19H19NO5S/c1-25-17-8-3-2-7-15(17)16(21)12-26-14-6-4-5-13(11-14)20-18(22)9-10-19(23)24/h2-8,11H,9-10,12H2,1H3,(H,20,22)(H,23,24). The van der Waals surface area contributed by atoms with Crippen molar-refractivity contribution in [3.05, 3.63) is 54.1 Å². The number of anilines is 1. The second-order valence-corrected chi connectivity index (χ2v) is 6.43. The molecule has 0 radical (unpaired) electrons. The number of rotatable bonds is 9. The van der Waals surface area contributed by atoms with Crippen LogP contribution in [0.15, 0.2) is 53.4 Å². The third-order valence-corrected chi connectivity index (χ3v) is 4.45. The van der Waals surface area contributed by atoms with Gasteiger partial charge in [-0.05, 0) is 30.3 Å². The summed E-state index contributed by atoms with van der Waals surface area (Å²) in [5, 5.41) is 11.3. The lowest BCUT2D eigenvalue weighted by atomic mass is 10.1. The van der Waals surface area contributed by atoms with E-state index in [1.807, 2.05) is 6.07 Å². The number of carbonyl (C=O) groups is 3. The first-order chi connectivity index (χ1) is 12.5. The quantitative estimate of drug-likeness (QED) is 0.516. The number of para-hydroxylation sites is 1. The van der Waals surface area contributed by atoms with Gasteiger partial charge in [0.2, 0.25) is 5.91 Å². The molecule has 0 aliphatic carbocycles. The number of thioether (sulfide) groups is 1. The summed E-state index contributed by atoms with van der Waals surface area (Å²) in [7, 11) is 1.52. The summed E-state index contributed by atoms with van der Waals surface area (Å²) in [6.45, 7) is 0. The van der Waals surface area contributed by atoms with Crippen molar-refractivity contribution in [3.63, 3.8) is 0 Å². The van der Waals surface area contributed by atoms with Crippen molar-refractivity contribution in [3.8, 4) is 5.75 Å². The van der Waals surface area contributed by atoms with Crippen molar-refractivity contribution in [1.29, 1.82) is 0 Å². The lowest BCUT2D eigenvalue weighted by molar-refractivity contribution is -0.138. The van der Waals surface area contributed by atoms with Crippen LogP contribution in [0.5, 0.6) is 5.75 Å². The largest absolute Gasteiger partial charge is 0.496 e. The molecule has 2 aromatic rings. The molecule has 0 aliphatic rings. The molecule has 136 valence electrons. The smallest absolute Gasteiger partial charge is 0.303 e. The Morgan fingerprint density at radius 2 is 1.85 bits per heavy atom. The molecule has 0 spiro atoms. The van der Waals surface area contributed by atoms with Crippen molar-refractivity contribution in [1.82, 2.24) is 0 Å². The minimum atomic E-state index is -1.01. The molecule has 26 heavy (non-hydrogen) atoms. The number of methoxy groups -OCH3 is 1. The highest BCUT2D eigenvalue weighted by Gasteiger charge is 2.12. The molecule has 0 aliphatic heterocycles. The number of carboxylic acid groups (broad SMARTS) is 1. The highest BCUT2D eigenvalue weighted by atomic mass is 32.2. The number of aliphatic carboxylic acids is 1. The van der Waals surface area contributed by atoms with Gasteiger partial charge in [0.25, 0.3) is 0 Å². The van der Waals surface area contributed by atoms with Crippen LogP contribution in [0.1, 0.15) is 23.2 Å². The van der Waals surface area contributed by atoms with Crippen LogP contribution >= 0.6 is 11.8 Å². The Labute approximate surface area is 155 Å². The van der Waals surface area contributed by atoms with Gasteiger partial charge in [-0.1, -0.05) is 18.2 Å². The van der Waals surface area contributed by atoms with Crippen LogP contribution in [0.2, 0.25) is 0 Å². The third kappa shape index (κ3) is 5.93. The van der Waals surface area contributed by atoms with Crippen molar-refractivity contribution in [2.24, 2.45) is 0 Å². The average molecular weight is 373 g/mol. The van der Waals surface area contributed by atoms with Crippen LogP contribution < -0.4 is 10.1 Å².